The first-order valence-corrected chi connectivity index (χ1v) is 8.84. The molecule has 0 saturated heterocycles. The molecule has 24 heavy (non-hydrogen) atoms. The zero-order valence-electron chi connectivity index (χ0n) is 13.9. The first kappa shape index (κ1) is 18.1. The van der Waals surface area contributed by atoms with E-state index in [0.29, 0.717) is 11.4 Å². The van der Waals surface area contributed by atoms with Crippen molar-refractivity contribution in [3.63, 3.8) is 0 Å². The van der Waals surface area contributed by atoms with E-state index in [1.807, 2.05) is 0 Å². The molecule has 1 heterocycles. The fraction of sp³-hybridized carbons (Fsp3) is 0.400. The van der Waals surface area contributed by atoms with E-state index in [-0.39, 0.29) is 22.9 Å². The monoisotopic (exact) mass is 353 g/mol. The third-order valence-electron chi connectivity index (χ3n) is 3.25. The number of carbonyl (C=O) groups excluding carboxylic acids is 1. The molecule has 2 aromatic rings. The summed E-state index contributed by atoms with van der Waals surface area (Å²) < 4.78 is 36.8. The van der Waals surface area contributed by atoms with Crippen molar-refractivity contribution in [2.75, 3.05) is 6.54 Å². The van der Waals surface area contributed by atoms with E-state index in [1.165, 1.54) is 12.1 Å². The second-order valence-electron chi connectivity index (χ2n) is 5.21. The van der Waals surface area contributed by atoms with Gasteiger partial charge in [-0.05, 0) is 38.5 Å². The summed E-state index contributed by atoms with van der Waals surface area (Å²) in [5, 5.41) is 3.64. The van der Waals surface area contributed by atoms with Crippen LogP contribution in [0.25, 0.3) is 0 Å². The van der Waals surface area contributed by atoms with Crippen molar-refractivity contribution in [2.24, 2.45) is 0 Å². The molecule has 0 saturated carbocycles. The second-order valence-corrected chi connectivity index (χ2v) is 6.97. The molecule has 1 atom stereocenters. The number of esters is 1. The Kier molecular flexibility index (Phi) is 5.35. The topological polar surface area (TPSA) is 111 Å². The smallest absolute Gasteiger partial charge is 0.339 e. The molecule has 0 aliphatic carbocycles. The molecule has 130 valence electrons. The van der Waals surface area contributed by atoms with Crippen LogP contribution >= 0.6 is 0 Å². The summed E-state index contributed by atoms with van der Waals surface area (Å²) in [6.45, 7) is 6.88. The molecule has 8 nitrogen and oxygen atoms in total. The number of sulfonamides is 1. The van der Waals surface area contributed by atoms with Gasteiger partial charge >= 0.3 is 5.97 Å². The first-order chi connectivity index (χ1) is 11.2. The third kappa shape index (κ3) is 3.98. The SMILES string of the molecule is CCNS(=O)(=O)c1ccc(C)c(C(=O)OC(C)c2nc(C)no2)c1. The molecule has 0 bridgehead atoms. The normalized spacial score (nSPS) is 12.8. The Bertz CT molecular complexity index is 845. The molecule has 1 aromatic carbocycles. The number of rotatable bonds is 6. The van der Waals surface area contributed by atoms with Crippen molar-refractivity contribution in [3.8, 4) is 0 Å². The van der Waals surface area contributed by atoms with Crippen LogP contribution in [0.15, 0.2) is 27.6 Å². The van der Waals surface area contributed by atoms with Crippen LogP contribution < -0.4 is 4.72 Å². The molecule has 0 fully saturated rings. The highest BCUT2D eigenvalue weighted by Crippen LogP contribution is 2.21. The Morgan fingerprint density at radius 3 is 2.67 bits per heavy atom. The number of benzene rings is 1. The number of nitrogens with one attached hydrogen (secondary N) is 1. The lowest BCUT2D eigenvalue weighted by Gasteiger charge is -2.12. The number of hydrogen-bond acceptors (Lipinski definition) is 7. The van der Waals surface area contributed by atoms with E-state index in [9.17, 15) is 13.2 Å². The maximum atomic E-state index is 12.4. The van der Waals surface area contributed by atoms with E-state index in [4.69, 9.17) is 9.26 Å². The predicted octanol–water partition coefficient (Wildman–Crippen LogP) is 1.90. The molecule has 0 aliphatic heterocycles. The average Bonchev–Trinajstić information content (AvgIpc) is 2.94. The van der Waals surface area contributed by atoms with Crippen LogP contribution in [0, 0.1) is 13.8 Å². The van der Waals surface area contributed by atoms with Crippen LogP contribution in [0.3, 0.4) is 0 Å². The third-order valence-corrected chi connectivity index (χ3v) is 4.79. The van der Waals surface area contributed by atoms with Gasteiger partial charge in [-0.2, -0.15) is 4.98 Å². The zero-order valence-corrected chi connectivity index (χ0v) is 14.7. The van der Waals surface area contributed by atoms with Crippen LogP contribution in [0.4, 0.5) is 0 Å². The fourth-order valence-electron chi connectivity index (χ4n) is 2.01. The summed E-state index contributed by atoms with van der Waals surface area (Å²) in [4.78, 5) is 16.4. The van der Waals surface area contributed by atoms with Crippen molar-refractivity contribution in [1.29, 1.82) is 0 Å². The highest BCUT2D eigenvalue weighted by molar-refractivity contribution is 7.89. The van der Waals surface area contributed by atoms with Gasteiger partial charge in [0, 0.05) is 6.54 Å². The summed E-state index contributed by atoms with van der Waals surface area (Å²) >= 11 is 0. The van der Waals surface area contributed by atoms with Crippen LogP contribution in [0.1, 0.15) is 47.6 Å². The van der Waals surface area contributed by atoms with Gasteiger partial charge in [0.1, 0.15) is 0 Å². The van der Waals surface area contributed by atoms with Crippen LogP contribution in [0.5, 0.6) is 0 Å². The van der Waals surface area contributed by atoms with E-state index < -0.39 is 22.1 Å². The number of carbonyl (C=O) groups is 1. The van der Waals surface area contributed by atoms with Gasteiger partial charge in [-0.15, -0.1) is 0 Å². The highest BCUT2D eigenvalue weighted by Gasteiger charge is 2.22. The summed E-state index contributed by atoms with van der Waals surface area (Å²) in [6.07, 6.45) is -0.743. The molecular formula is C15H19N3O5S. The van der Waals surface area contributed by atoms with Gasteiger partial charge in [-0.1, -0.05) is 18.1 Å². The van der Waals surface area contributed by atoms with Gasteiger partial charge < -0.3 is 9.26 Å². The molecule has 9 heteroatoms. The lowest BCUT2D eigenvalue weighted by molar-refractivity contribution is 0.0264. The number of nitrogens with zero attached hydrogens (tertiary/aromatic N) is 2. The van der Waals surface area contributed by atoms with Crippen molar-refractivity contribution in [1.82, 2.24) is 14.9 Å². The number of ether oxygens (including phenoxy) is 1. The minimum Gasteiger partial charge on any atom is -0.449 e. The molecule has 0 spiro atoms. The van der Waals surface area contributed by atoms with E-state index >= 15 is 0 Å². The van der Waals surface area contributed by atoms with Gasteiger partial charge in [-0.3, -0.25) is 0 Å². The standard InChI is InChI=1S/C15H19N3O5S/c1-5-16-24(20,21)12-7-6-9(2)13(8-12)15(19)22-10(3)14-17-11(4)18-23-14/h6-8,10,16H,5H2,1-4H3. The zero-order chi connectivity index (χ0) is 17.9. The summed E-state index contributed by atoms with van der Waals surface area (Å²) in [5.41, 5.74) is 0.765. The van der Waals surface area contributed by atoms with Crippen molar-refractivity contribution in [2.45, 2.75) is 38.7 Å². The first-order valence-electron chi connectivity index (χ1n) is 7.36. The van der Waals surface area contributed by atoms with Crippen molar-refractivity contribution < 1.29 is 22.5 Å². The van der Waals surface area contributed by atoms with Gasteiger partial charge in [0.05, 0.1) is 10.5 Å². The molecule has 1 aromatic heterocycles. The lowest BCUT2D eigenvalue weighted by atomic mass is 10.1. The van der Waals surface area contributed by atoms with E-state index in [0.717, 1.165) is 0 Å². The lowest BCUT2D eigenvalue weighted by Crippen LogP contribution is -2.23. The fourth-order valence-corrected chi connectivity index (χ4v) is 3.08. The molecule has 0 radical (unpaired) electrons. The average molecular weight is 353 g/mol. The second kappa shape index (κ2) is 7.10. The Morgan fingerprint density at radius 2 is 2.08 bits per heavy atom. The van der Waals surface area contributed by atoms with Gasteiger partial charge in [0.15, 0.2) is 11.9 Å². The Labute approximate surface area is 140 Å². The molecule has 2 rings (SSSR count). The largest absolute Gasteiger partial charge is 0.449 e. The Morgan fingerprint density at radius 1 is 1.38 bits per heavy atom. The number of hydrogen-bond donors (Lipinski definition) is 1. The Balaban J connectivity index is 2.26. The van der Waals surface area contributed by atoms with Crippen LogP contribution in [0.2, 0.25) is 0 Å². The van der Waals surface area contributed by atoms with E-state index in [2.05, 4.69) is 14.9 Å². The summed E-state index contributed by atoms with van der Waals surface area (Å²) in [5.74, 6) is -0.0536. The molecule has 0 aliphatic rings. The minimum absolute atomic E-state index is 0.00295. The highest BCUT2D eigenvalue weighted by atomic mass is 32.2. The Hall–Kier alpha value is -2.26. The maximum Gasteiger partial charge on any atom is 0.339 e. The summed E-state index contributed by atoms with van der Waals surface area (Å²) in [6, 6.07) is 4.29. The van der Waals surface area contributed by atoms with Gasteiger partial charge in [0.2, 0.25) is 10.0 Å². The van der Waals surface area contributed by atoms with Crippen molar-refractivity contribution in [3.05, 3.63) is 41.0 Å². The number of aryl methyl sites for hydroxylation is 2. The molecular weight excluding hydrogens is 334 g/mol. The molecule has 1 N–H and O–H groups in total. The van der Waals surface area contributed by atoms with Gasteiger partial charge in [0.25, 0.3) is 5.89 Å². The minimum atomic E-state index is -3.66. The van der Waals surface area contributed by atoms with Gasteiger partial charge in [-0.25, -0.2) is 17.9 Å². The van der Waals surface area contributed by atoms with Crippen LogP contribution in [-0.2, 0) is 14.8 Å². The molecule has 1 unspecified atom stereocenters. The van der Waals surface area contributed by atoms with E-state index in [1.54, 1.807) is 33.8 Å². The number of aromatic nitrogens is 2. The van der Waals surface area contributed by atoms with Crippen LogP contribution in [-0.4, -0.2) is 31.1 Å². The van der Waals surface area contributed by atoms with Crippen molar-refractivity contribution >= 4 is 16.0 Å². The summed E-state index contributed by atoms with van der Waals surface area (Å²) in [7, 11) is -3.66. The quantitative estimate of drug-likeness (QED) is 0.789. The maximum absolute atomic E-state index is 12.4. The predicted molar refractivity (Wildman–Crippen MR) is 84.9 cm³/mol. The molecule has 0 amide bonds.